The van der Waals surface area contributed by atoms with Crippen LogP contribution in [0.15, 0.2) is 48.5 Å². The predicted octanol–water partition coefficient (Wildman–Crippen LogP) is 2.47. The Balaban J connectivity index is 1.21. The monoisotopic (exact) mass is 422 g/mol. The molecular formula is C25H34N4O2. The van der Waals surface area contributed by atoms with Crippen LogP contribution in [0.1, 0.15) is 11.1 Å². The molecule has 4 rings (SSSR count). The first-order valence-electron chi connectivity index (χ1n) is 11.3. The van der Waals surface area contributed by atoms with Crippen LogP contribution in [0, 0.1) is 6.92 Å². The average Bonchev–Trinajstić information content (AvgIpc) is 2.80. The Hall–Kier alpha value is -2.57. The van der Waals surface area contributed by atoms with Crippen molar-refractivity contribution in [1.29, 1.82) is 0 Å². The lowest BCUT2D eigenvalue weighted by Gasteiger charge is -2.38. The lowest BCUT2D eigenvalue weighted by Crippen LogP contribution is -2.53. The van der Waals surface area contributed by atoms with E-state index < -0.39 is 0 Å². The van der Waals surface area contributed by atoms with Crippen molar-refractivity contribution in [3.8, 4) is 5.75 Å². The number of anilines is 1. The van der Waals surface area contributed by atoms with E-state index >= 15 is 0 Å². The zero-order valence-corrected chi connectivity index (χ0v) is 18.8. The van der Waals surface area contributed by atoms with Gasteiger partial charge in [0.15, 0.2) is 0 Å². The lowest BCUT2D eigenvalue weighted by molar-refractivity contribution is -0.134. The standard InChI is InChI=1S/C25H34N4O2/c1-21-6-5-7-22(18-21)19-26-12-16-29(17-13-26)25(30)20-27-10-14-28(15-11-27)23-8-3-4-9-24(23)31-2/h3-9,18H,10-17,19-20H2,1-2H3. The predicted molar refractivity (Wildman–Crippen MR) is 125 cm³/mol. The Morgan fingerprint density at radius 2 is 1.58 bits per heavy atom. The zero-order valence-electron chi connectivity index (χ0n) is 18.8. The van der Waals surface area contributed by atoms with Crippen LogP contribution in [0.25, 0.3) is 0 Å². The maximum absolute atomic E-state index is 12.9. The van der Waals surface area contributed by atoms with E-state index in [1.165, 1.54) is 11.1 Å². The number of nitrogens with zero attached hydrogens (tertiary/aromatic N) is 4. The molecule has 0 aromatic heterocycles. The third kappa shape index (κ3) is 5.57. The van der Waals surface area contributed by atoms with E-state index in [0.717, 1.165) is 70.3 Å². The SMILES string of the molecule is COc1ccccc1N1CCN(CC(=O)N2CCN(Cc3cccc(C)c3)CC2)CC1. The maximum Gasteiger partial charge on any atom is 0.236 e. The summed E-state index contributed by atoms with van der Waals surface area (Å²) in [6.07, 6.45) is 0. The van der Waals surface area contributed by atoms with E-state index in [9.17, 15) is 4.79 Å². The molecule has 2 heterocycles. The third-order valence-corrected chi connectivity index (χ3v) is 6.37. The number of benzene rings is 2. The molecule has 2 aliphatic rings. The summed E-state index contributed by atoms with van der Waals surface area (Å²) in [4.78, 5) is 22.0. The van der Waals surface area contributed by atoms with Crippen molar-refractivity contribution in [2.75, 3.05) is 70.9 Å². The van der Waals surface area contributed by atoms with E-state index in [2.05, 4.69) is 52.0 Å². The molecule has 2 aliphatic heterocycles. The van der Waals surface area contributed by atoms with Crippen molar-refractivity contribution in [3.63, 3.8) is 0 Å². The number of rotatable bonds is 6. The zero-order chi connectivity index (χ0) is 21.6. The number of carbonyl (C=O) groups is 1. The van der Waals surface area contributed by atoms with Gasteiger partial charge >= 0.3 is 0 Å². The van der Waals surface area contributed by atoms with Gasteiger partial charge < -0.3 is 14.5 Å². The summed E-state index contributed by atoms with van der Waals surface area (Å²) in [5, 5.41) is 0. The summed E-state index contributed by atoms with van der Waals surface area (Å²) >= 11 is 0. The molecule has 0 unspecified atom stereocenters. The fourth-order valence-electron chi connectivity index (χ4n) is 4.55. The van der Waals surface area contributed by atoms with E-state index in [1.807, 2.05) is 23.1 Å². The summed E-state index contributed by atoms with van der Waals surface area (Å²) in [6, 6.07) is 16.9. The quantitative estimate of drug-likeness (QED) is 0.715. The number of methoxy groups -OCH3 is 1. The van der Waals surface area contributed by atoms with Crippen LogP contribution in [0.3, 0.4) is 0 Å². The first-order chi connectivity index (χ1) is 15.1. The molecule has 31 heavy (non-hydrogen) atoms. The van der Waals surface area contributed by atoms with Crippen molar-refractivity contribution in [1.82, 2.24) is 14.7 Å². The summed E-state index contributed by atoms with van der Waals surface area (Å²) < 4.78 is 5.50. The topological polar surface area (TPSA) is 39.3 Å². The van der Waals surface area contributed by atoms with Crippen molar-refractivity contribution in [2.24, 2.45) is 0 Å². The van der Waals surface area contributed by atoms with Gasteiger partial charge in [-0.2, -0.15) is 0 Å². The van der Waals surface area contributed by atoms with Gasteiger partial charge in [-0.05, 0) is 24.6 Å². The van der Waals surface area contributed by atoms with E-state index in [1.54, 1.807) is 7.11 Å². The van der Waals surface area contributed by atoms with Crippen LogP contribution < -0.4 is 9.64 Å². The second-order valence-corrected chi connectivity index (χ2v) is 8.58. The Kier molecular flexibility index (Phi) is 7.10. The van der Waals surface area contributed by atoms with Crippen molar-refractivity contribution in [2.45, 2.75) is 13.5 Å². The molecule has 0 saturated carbocycles. The molecule has 0 spiro atoms. The second kappa shape index (κ2) is 10.2. The Morgan fingerprint density at radius 3 is 2.29 bits per heavy atom. The van der Waals surface area contributed by atoms with Crippen LogP contribution >= 0.6 is 0 Å². The summed E-state index contributed by atoms with van der Waals surface area (Å²) in [6.45, 7) is 10.8. The van der Waals surface area contributed by atoms with Gasteiger partial charge in [0.2, 0.25) is 5.91 Å². The number of ether oxygens (including phenoxy) is 1. The summed E-state index contributed by atoms with van der Waals surface area (Å²) in [5.41, 5.74) is 3.80. The highest BCUT2D eigenvalue weighted by atomic mass is 16.5. The molecule has 1 amide bonds. The number of para-hydroxylation sites is 2. The highest BCUT2D eigenvalue weighted by Gasteiger charge is 2.25. The lowest BCUT2D eigenvalue weighted by atomic mass is 10.1. The van der Waals surface area contributed by atoms with E-state index in [-0.39, 0.29) is 5.91 Å². The largest absolute Gasteiger partial charge is 0.495 e. The van der Waals surface area contributed by atoms with Crippen LogP contribution in [-0.4, -0.2) is 86.6 Å². The Morgan fingerprint density at radius 1 is 0.871 bits per heavy atom. The van der Waals surface area contributed by atoms with Gasteiger partial charge in [-0.3, -0.25) is 14.6 Å². The molecule has 166 valence electrons. The fraction of sp³-hybridized carbons (Fsp3) is 0.480. The van der Waals surface area contributed by atoms with Crippen LogP contribution in [-0.2, 0) is 11.3 Å². The molecule has 2 saturated heterocycles. The van der Waals surface area contributed by atoms with Gasteiger partial charge in [0, 0.05) is 58.9 Å². The van der Waals surface area contributed by atoms with Crippen LogP contribution in [0.5, 0.6) is 5.75 Å². The van der Waals surface area contributed by atoms with Crippen LogP contribution in [0.2, 0.25) is 0 Å². The first kappa shape index (κ1) is 21.7. The minimum atomic E-state index is 0.265. The van der Waals surface area contributed by atoms with Crippen molar-refractivity contribution in [3.05, 3.63) is 59.7 Å². The molecule has 6 heteroatoms. The van der Waals surface area contributed by atoms with Gasteiger partial charge in [0.25, 0.3) is 0 Å². The molecule has 0 bridgehead atoms. The Bertz CT molecular complexity index is 871. The minimum absolute atomic E-state index is 0.265. The molecule has 0 N–H and O–H groups in total. The number of hydrogen-bond acceptors (Lipinski definition) is 5. The molecule has 2 fully saturated rings. The number of piperazine rings is 2. The van der Waals surface area contributed by atoms with E-state index in [4.69, 9.17) is 4.74 Å². The number of carbonyl (C=O) groups excluding carboxylic acids is 1. The number of hydrogen-bond donors (Lipinski definition) is 0. The van der Waals surface area contributed by atoms with Crippen molar-refractivity contribution < 1.29 is 9.53 Å². The molecule has 2 aromatic rings. The maximum atomic E-state index is 12.9. The summed E-state index contributed by atoms with van der Waals surface area (Å²) in [7, 11) is 1.72. The highest BCUT2D eigenvalue weighted by Crippen LogP contribution is 2.28. The van der Waals surface area contributed by atoms with Crippen LogP contribution in [0.4, 0.5) is 5.69 Å². The van der Waals surface area contributed by atoms with Gasteiger partial charge in [-0.15, -0.1) is 0 Å². The highest BCUT2D eigenvalue weighted by molar-refractivity contribution is 5.78. The molecule has 2 aromatic carbocycles. The van der Waals surface area contributed by atoms with E-state index in [0.29, 0.717) is 6.54 Å². The molecule has 0 aliphatic carbocycles. The molecule has 0 radical (unpaired) electrons. The van der Waals surface area contributed by atoms with Gasteiger partial charge in [0.1, 0.15) is 5.75 Å². The molecule has 6 nitrogen and oxygen atoms in total. The first-order valence-corrected chi connectivity index (χ1v) is 11.3. The van der Waals surface area contributed by atoms with Gasteiger partial charge in [0.05, 0.1) is 19.3 Å². The normalized spacial score (nSPS) is 18.3. The second-order valence-electron chi connectivity index (χ2n) is 8.58. The van der Waals surface area contributed by atoms with Gasteiger partial charge in [-0.25, -0.2) is 0 Å². The van der Waals surface area contributed by atoms with Gasteiger partial charge in [-0.1, -0.05) is 42.0 Å². The third-order valence-electron chi connectivity index (χ3n) is 6.37. The Labute approximate surface area is 186 Å². The number of amides is 1. The number of aryl methyl sites for hydroxylation is 1. The fourth-order valence-corrected chi connectivity index (χ4v) is 4.55. The summed E-state index contributed by atoms with van der Waals surface area (Å²) in [5.74, 6) is 1.18. The smallest absolute Gasteiger partial charge is 0.236 e. The minimum Gasteiger partial charge on any atom is -0.495 e. The average molecular weight is 423 g/mol. The van der Waals surface area contributed by atoms with Crippen molar-refractivity contribution >= 4 is 11.6 Å². The molecule has 0 atom stereocenters. The molecular weight excluding hydrogens is 388 g/mol.